The number of halogens is 1. The van der Waals surface area contributed by atoms with Gasteiger partial charge in [-0.15, -0.1) is 10.2 Å². The van der Waals surface area contributed by atoms with E-state index in [2.05, 4.69) is 15.5 Å². The number of anilines is 1. The Hall–Kier alpha value is -1.66. The molecule has 0 atom stereocenters. The highest BCUT2D eigenvalue weighted by atomic mass is 35.5. The largest absolute Gasteiger partial charge is 0.496 e. The van der Waals surface area contributed by atoms with Crippen LogP contribution in [0.1, 0.15) is 53.4 Å². The molecule has 1 aromatic heterocycles. The zero-order valence-corrected chi connectivity index (χ0v) is 14.4. The van der Waals surface area contributed by atoms with Crippen molar-refractivity contribution in [3.05, 3.63) is 33.8 Å². The van der Waals surface area contributed by atoms with Crippen molar-refractivity contribution in [1.82, 2.24) is 10.2 Å². The molecule has 1 saturated carbocycles. The summed E-state index contributed by atoms with van der Waals surface area (Å²) in [6, 6.07) is 4.94. The lowest BCUT2D eigenvalue weighted by molar-refractivity contribution is 0.102. The molecule has 0 aliphatic heterocycles. The van der Waals surface area contributed by atoms with E-state index in [4.69, 9.17) is 16.3 Å². The maximum absolute atomic E-state index is 12.4. The minimum Gasteiger partial charge on any atom is -0.496 e. The van der Waals surface area contributed by atoms with E-state index in [9.17, 15) is 4.79 Å². The molecule has 23 heavy (non-hydrogen) atoms. The Kier molecular flexibility index (Phi) is 5.13. The Bertz CT molecular complexity index is 698. The average molecular weight is 352 g/mol. The molecule has 2 aromatic rings. The van der Waals surface area contributed by atoms with Crippen molar-refractivity contribution in [1.29, 1.82) is 0 Å². The van der Waals surface area contributed by atoms with Gasteiger partial charge >= 0.3 is 0 Å². The van der Waals surface area contributed by atoms with Gasteiger partial charge < -0.3 is 4.74 Å². The Labute approximate surface area is 144 Å². The molecule has 1 aliphatic carbocycles. The van der Waals surface area contributed by atoms with Crippen LogP contribution in [0.2, 0.25) is 5.02 Å². The van der Waals surface area contributed by atoms with E-state index >= 15 is 0 Å². The summed E-state index contributed by atoms with van der Waals surface area (Å²) in [6.07, 6.45) is 6.10. The molecule has 1 aromatic carbocycles. The molecule has 1 fully saturated rings. The standard InChI is InChI=1S/C16H18ClN3O2S/c1-22-13-8-7-11(17)9-12(13)14(21)18-16-20-19-15(23-16)10-5-3-2-4-6-10/h7-10H,2-6H2,1H3,(H,18,20,21). The molecule has 1 aliphatic rings. The number of hydrogen-bond acceptors (Lipinski definition) is 5. The number of aromatic nitrogens is 2. The van der Waals surface area contributed by atoms with Crippen LogP contribution in [0, 0.1) is 0 Å². The van der Waals surface area contributed by atoms with Gasteiger partial charge in [0, 0.05) is 10.9 Å². The fourth-order valence-corrected chi connectivity index (χ4v) is 3.90. The number of methoxy groups -OCH3 is 1. The summed E-state index contributed by atoms with van der Waals surface area (Å²) < 4.78 is 5.21. The van der Waals surface area contributed by atoms with Crippen LogP contribution >= 0.6 is 22.9 Å². The van der Waals surface area contributed by atoms with Gasteiger partial charge in [0.2, 0.25) is 5.13 Å². The zero-order chi connectivity index (χ0) is 16.2. The second-order valence-corrected chi connectivity index (χ2v) is 7.02. The van der Waals surface area contributed by atoms with Gasteiger partial charge in [-0.3, -0.25) is 10.1 Å². The smallest absolute Gasteiger partial charge is 0.261 e. The topological polar surface area (TPSA) is 64.1 Å². The van der Waals surface area contributed by atoms with Crippen LogP contribution in [-0.4, -0.2) is 23.2 Å². The number of hydrogen-bond donors (Lipinski definition) is 1. The normalized spacial score (nSPS) is 15.4. The quantitative estimate of drug-likeness (QED) is 0.880. The second kappa shape index (κ2) is 7.27. The maximum atomic E-state index is 12.4. The molecule has 0 spiro atoms. The van der Waals surface area contributed by atoms with Gasteiger partial charge in [0.05, 0.1) is 12.7 Å². The molecule has 0 radical (unpaired) electrons. The van der Waals surface area contributed by atoms with E-state index in [1.54, 1.807) is 18.2 Å². The van der Waals surface area contributed by atoms with Crippen molar-refractivity contribution >= 4 is 34.0 Å². The minimum absolute atomic E-state index is 0.296. The predicted molar refractivity (Wildman–Crippen MR) is 91.7 cm³/mol. The lowest BCUT2D eigenvalue weighted by Gasteiger charge is -2.18. The SMILES string of the molecule is COc1ccc(Cl)cc1C(=O)Nc1nnc(C2CCCCC2)s1. The monoisotopic (exact) mass is 351 g/mol. The van der Waals surface area contributed by atoms with E-state index in [1.807, 2.05) is 0 Å². The number of nitrogens with one attached hydrogen (secondary N) is 1. The Morgan fingerprint density at radius 3 is 2.83 bits per heavy atom. The van der Waals surface area contributed by atoms with Gasteiger partial charge in [-0.05, 0) is 31.0 Å². The van der Waals surface area contributed by atoms with Crippen LogP contribution < -0.4 is 10.1 Å². The van der Waals surface area contributed by atoms with Crippen LogP contribution in [0.25, 0.3) is 0 Å². The highest BCUT2D eigenvalue weighted by Gasteiger charge is 2.21. The van der Waals surface area contributed by atoms with Crippen molar-refractivity contribution in [3.63, 3.8) is 0 Å². The third-order valence-electron chi connectivity index (χ3n) is 4.02. The maximum Gasteiger partial charge on any atom is 0.261 e. The third-order valence-corrected chi connectivity index (χ3v) is 5.26. The first-order chi connectivity index (χ1) is 11.2. The molecule has 122 valence electrons. The van der Waals surface area contributed by atoms with E-state index in [-0.39, 0.29) is 5.91 Å². The number of carbonyl (C=O) groups excluding carboxylic acids is 1. The van der Waals surface area contributed by atoms with Crippen LogP contribution in [-0.2, 0) is 0 Å². The first-order valence-corrected chi connectivity index (χ1v) is 8.85. The molecular formula is C16H18ClN3O2S. The van der Waals surface area contributed by atoms with Crippen molar-refractivity contribution in [2.24, 2.45) is 0 Å². The Morgan fingerprint density at radius 2 is 2.09 bits per heavy atom. The highest BCUT2D eigenvalue weighted by Crippen LogP contribution is 2.35. The van der Waals surface area contributed by atoms with Gasteiger partial charge in [-0.1, -0.05) is 42.2 Å². The molecule has 3 rings (SSSR count). The minimum atomic E-state index is -0.296. The molecule has 0 unspecified atom stereocenters. The number of benzene rings is 1. The van der Waals surface area contributed by atoms with Crippen molar-refractivity contribution in [3.8, 4) is 5.75 Å². The van der Waals surface area contributed by atoms with Gasteiger partial charge in [-0.2, -0.15) is 0 Å². The number of amides is 1. The fraction of sp³-hybridized carbons (Fsp3) is 0.438. The van der Waals surface area contributed by atoms with E-state index in [0.29, 0.717) is 27.4 Å². The van der Waals surface area contributed by atoms with Gasteiger partial charge in [0.25, 0.3) is 5.91 Å². The summed E-state index contributed by atoms with van der Waals surface area (Å²) in [5.41, 5.74) is 0.384. The van der Waals surface area contributed by atoms with Crippen molar-refractivity contribution < 1.29 is 9.53 Å². The van der Waals surface area contributed by atoms with E-state index < -0.39 is 0 Å². The van der Waals surface area contributed by atoms with E-state index in [0.717, 1.165) is 17.8 Å². The fourth-order valence-electron chi connectivity index (χ4n) is 2.82. The predicted octanol–water partition coefficient (Wildman–Crippen LogP) is 4.50. The van der Waals surface area contributed by atoms with Gasteiger partial charge in [0.15, 0.2) is 0 Å². The summed E-state index contributed by atoms with van der Waals surface area (Å²) in [6.45, 7) is 0. The van der Waals surface area contributed by atoms with Crippen LogP contribution in [0.5, 0.6) is 5.75 Å². The average Bonchev–Trinajstić information content (AvgIpc) is 3.04. The summed E-state index contributed by atoms with van der Waals surface area (Å²) in [4.78, 5) is 12.4. The van der Waals surface area contributed by atoms with Crippen LogP contribution in [0.4, 0.5) is 5.13 Å². The summed E-state index contributed by atoms with van der Waals surface area (Å²) in [5.74, 6) is 0.659. The Morgan fingerprint density at radius 1 is 1.30 bits per heavy atom. The molecule has 5 nitrogen and oxygen atoms in total. The molecule has 1 amide bonds. The molecule has 7 heteroatoms. The summed E-state index contributed by atoms with van der Waals surface area (Å²) >= 11 is 7.42. The first-order valence-electron chi connectivity index (χ1n) is 7.65. The van der Waals surface area contributed by atoms with Gasteiger partial charge in [0.1, 0.15) is 10.8 Å². The lowest BCUT2D eigenvalue weighted by Crippen LogP contribution is -2.13. The van der Waals surface area contributed by atoms with Crippen molar-refractivity contribution in [2.75, 3.05) is 12.4 Å². The van der Waals surface area contributed by atoms with E-state index in [1.165, 1.54) is 37.7 Å². The molecule has 0 bridgehead atoms. The first kappa shape index (κ1) is 16.2. The van der Waals surface area contributed by atoms with Crippen molar-refractivity contribution in [2.45, 2.75) is 38.0 Å². The number of rotatable bonds is 4. The summed E-state index contributed by atoms with van der Waals surface area (Å²) in [5, 5.41) is 13.1. The number of ether oxygens (including phenoxy) is 1. The zero-order valence-electron chi connectivity index (χ0n) is 12.8. The molecule has 0 saturated heterocycles. The second-order valence-electron chi connectivity index (χ2n) is 5.58. The summed E-state index contributed by atoms with van der Waals surface area (Å²) in [7, 11) is 1.52. The number of carbonyl (C=O) groups is 1. The molecule has 1 N–H and O–H groups in total. The molecular weight excluding hydrogens is 334 g/mol. The number of nitrogens with zero attached hydrogens (tertiary/aromatic N) is 2. The molecule has 1 heterocycles. The third kappa shape index (κ3) is 3.82. The van der Waals surface area contributed by atoms with Gasteiger partial charge in [-0.25, -0.2) is 0 Å². The van der Waals surface area contributed by atoms with Crippen LogP contribution in [0.3, 0.4) is 0 Å². The highest BCUT2D eigenvalue weighted by molar-refractivity contribution is 7.15. The van der Waals surface area contributed by atoms with Crippen LogP contribution in [0.15, 0.2) is 18.2 Å². The Balaban J connectivity index is 1.73. The lowest BCUT2D eigenvalue weighted by atomic mass is 9.90.